The van der Waals surface area contributed by atoms with Crippen LogP contribution in [0.15, 0.2) is 47.4 Å². The van der Waals surface area contributed by atoms with E-state index < -0.39 is 10.0 Å². The fraction of sp³-hybridized carbons (Fsp3) is 0.478. The van der Waals surface area contributed by atoms with Crippen molar-refractivity contribution < 1.29 is 17.9 Å². The molecule has 0 radical (unpaired) electrons. The molecule has 1 N–H and O–H groups in total. The van der Waals surface area contributed by atoms with Gasteiger partial charge in [-0.1, -0.05) is 19.8 Å². The Morgan fingerprint density at radius 1 is 1.00 bits per heavy atom. The van der Waals surface area contributed by atoms with Gasteiger partial charge in [-0.15, -0.1) is 0 Å². The third-order valence-electron chi connectivity index (χ3n) is 5.43. The number of hydrogen-bond donors (Lipinski definition) is 1. The first-order chi connectivity index (χ1) is 14.9. The van der Waals surface area contributed by atoms with Crippen molar-refractivity contribution in [3.63, 3.8) is 0 Å². The van der Waals surface area contributed by atoms with E-state index in [1.807, 2.05) is 0 Å². The summed E-state index contributed by atoms with van der Waals surface area (Å²) in [5.74, 6) is 1.41. The maximum absolute atomic E-state index is 13.0. The molecule has 0 bridgehead atoms. The van der Waals surface area contributed by atoms with Crippen LogP contribution in [0.2, 0.25) is 0 Å². The van der Waals surface area contributed by atoms with E-state index in [0.717, 1.165) is 56.9 Å². The largest absolute Gasteiger partial charge is 0.495 e. The monoisotopic (exact) mass is 447 g/mol. The third-order valence-corrected chi connectivity index (χ3v) is 6.81. The number of piperazine rings is 1. The van der Waals surface area contributed by atoms with Gasteiger partial charge in [0.25, 0.3) is 10.0 Å². The second kappa shape index (κ2) is 10.7. The first-order valence-electron chi connectivity index (χ1n) is 10.8. The Bertz CT molecular complexity index is 940. The molecule has 1 saturated heterocycles. The van der Waals surface area contributed by atoms with Crippen LogP contribution in [0, 0.1) is 0 Å². The van der Waals surface area contributed by atoms with Crippen molar-refractivity contribution in [2.45, 2.75) is 31.1 Å². The van der Waals surface area contributed by atoms with Crippen LogP contribution in [0.1, 0.15) is 26.2 Å². The normalized spacial score (nSPS) is 15.0. The van der Waals surface area contributed by atoms with Crippen molar-refractivity contribution in [3.05, 3.63) is 42.5 Å². The van der Waals surface area contributed by atoms with E-state index in [0.29, 0.717) is 18.0 Å². The zero-order chi connectivity index (χ0) is 22.3. The fourth-order valence-corrected chi connectivity index (χ4v) is 4.59. The highest BCUT2D eigenvalue weighted by molar-refractivity contribution is 7.92. The molecule has 0 atom stereocenters. The van der Waals surface area contributed by atoms with Crippen LogP contribution in [-0.4, -0.2) is 60.3 Å². The number of hydrogen-bond acceptors (Lipinski definition) is 6. The molecule has 0 saturated carbocycles. The van der Waals surface area contributed by atoms with Crippen molar-refractivity contribution >= 4 is 21.4 Å². The van der Waals surface area contributed by atoms with E-state index in [-0.39, 0.29) is 4.90 Å². The summed E-state index contributed by atoms with van der Waals surface area (Å²) in [4.78, 5) is 4.63. The van der Waals surface area contributed by atoms with Gasteiger partial charge < -0.3 is 19.3 Å². The SMILES string of the molecule is CCCCCOc1ccc(NS(=O)(=O)c2ccc(OC)c(N3CCN(C)CC3)c2)cc1. The Morgan fingerprint density at radius 2 is 1.71 bits per heavy atom. The number of sulfonamides is 1. The zero-order valence-electron chi connectivity index (χ0n) is 18.6. The summed E-state index contributed by atoms with van der Waals surface area (Å²) < 4.78 is 39.9. The van der Waals surface area contributed by atoms with E-state index in [9.17, 15) is 8.42 Å². The molecular formula is C23H33N3O4S. The minimum atomic E-state index is -3.73. The Kier molecular flexibility index (Phi) is 8.03. The quantitative estimate of drug-likeness (QED) is 0.559. The highest BCUT2D eigenvalue weighted by Gasteiger charge is 2.22. The number of anilines is 2. The van der Waals surface area contributed by atoms with Crippen LogP contribution < -0.4 is 19.1 Å². The van der Waals surface area contributed by atoms with Crippen LogP contribution in [0.5, 0.6) is 11.5 Å². The molecule has 2 aromatic carbocycles. The lowest BCUT2D eigenvalue weighted by atomic mass is 10.2. The van der Waals surface area contributed by atoms with Gasteiger partial charge in [0, 0.05) is 31.9 Å². The minimum Gasteiger partial charge on any atom is -0.495 e. The Morgan fingerprint density at radius 3 is 2.35 bits per heavy atom. The number of likely N-dealkylation sites (N-methyl/N-ethyl adjacent to an activating group) is 1. The summed E-state index contributed by atoms with van der Waals surface area (Å²) in [6, 6.07) is 12.0. The average Bonchev–Trinajstić information content (AvgIpc) is 2.78. The molecule has 2 aromatic rings. The molecule has 0 aliphatic carbocycles. The number of unbranched alkanes of at least 4 members (excludes halogenated alkanes) is 2. The van der Waals surface area contributed by atoms with Crippen LogP contribution >= 0.6 is 0 Å². The number of rotatable bonds is 10. The number of ether oxygens (including phenoxy) is 2. The summed E-state index contributed by atoms with van der Waals surface area (Å²) in [6.07, 6.45) is 3.29. The summed E-state index contributed by atoms with van der Waals surface area (Å²) in [5.41, 5.74) is 1.30. The van der Waals surface area contributed by atoms with Crippen molar-refractivity contribution in [2.24, 2.45) is 0 Å². The molecule has 8 heteroatoms. The number of benzene rings is 2. The molecule has 7 nitrogen and oxygen atoms in total. The topological polar surface area (TPSA) is 71.1 Å². The van der Waals surface area contributed by atoms with Gasteiger partial charge in [0.1, 0.15) is 11.5 Å². The highest BCUT2D eigenvalue weighted by Crippen LogP contribution is 2.32. The Hall–Kier alpha value is -2.45. The van der Waals surface area contributed by atoms with E-state index in [2.05, 4.69) is 28.5 Å². The van der Waals surface area contributed by atoms with Crippen molar-refractivity contribution in [2.75, 3.05) is 56.6 Å². The van der Waals surface area contributed by atoms with Gasteiger partial charge >= 0.3 is 0 Å². The van der Waals surface area contributed by atoms with Crippen LogP contribution in [0.3, 0.4) is 0 Å². The molecule has 3 rings (SSSR count). The smallest absolute Gasteiger partial charge is 0.261 e. The molecule has 1 aliphatic rings. The van der Waals surface area contributed by atoms with E-state index in [1.165, 1.54) is 0 Å². The van der Waals surface area contributed by atoms with Crippen molar-refractivity contribution in [1.82, 2.24) is 4.90 Å². The van der Waals surface area contributed by atoms with Crippen LogP contribution in [-0.2, 0) is 10.0 Å². The number of nitrogens with one attached hydrogen (secondary N) is 1. The molecule has 170 valence electrons. The lowest BCUT2D eigenvalue weighted by Crippen LogP contribution is -2.44. The Labute approximate surface area is 186 Å². The van der Waals surface area contributed by atoms with Crippen LogP contribution in [0.25, 0.3) is 0 Å². The predicted octanol–water partition coefficient (Wildman–Crippen LogP) is 3.82. The molecule has 0 amide bonds. The lowest BCUT2D eigenvalue weighted by Gasteiger charge is -2.34. The maximum atomic E-state index is 13.0. The molecule has 1 aliphatic heterocycles. The molecule has 31 heavy (non-hydrogen) atoms. The summed E-state index contributed by atoms with van der Waals surface area (Å²) in [5, 5.41) is 0. The first-order valence-corrected chi connectivity index (χ1v) is 12.3. The van der Waals surface area contributed by atoms with Gasteiger partial charge in [-0.25, -0.2) is 8.42 Å². The van der Waals surface area contributed by atoms with Crippen molar-refractivity contribution in [3.8, 4) is 11.5 Å². The van der Waals surface area contributed by atoms with E-state index in [4.69, 9.17) is 9.47 Å². The summed E-state index contributed by atoms with van der Waals surface area (Å²) in [7, 11) is -0.0423. The third kappa shape index (κ3) is 6.27. The lowest BCUT2D eigenvalue weighted by molar-refractivity contribution is 0.306. The minimum absolute atomic E-state index is 0.210. The van der Waals surface area contributed by atoms with Crippen molar-refractivity contribution in [1.29, 1.82) is 0 Å². The van der Waals surface area contributed by atoms with E-state index in [1.54, 1.807) is 49.6 Å². The second-order valence-electron chi connectivity index (χ2n) is 7.81. The van der Waals surface area contributed by atoms with Gasteiger partial charge in [0.2, 0.25) is 0 Å². The molecule has 0 spiro atoms. The fourth-order valence-electron chi connectivity index (χ4n) is 3.51. The molecule has 0 aromatic heterocycles. The predicted molar refractivity (Wildman–Crippen MR) is 125 cm³/mol. The zero-order valence-corrected chi connectivity index (χ0v) is 19.5. The maximum Gasteiger partial charge on any atom is 0.261 e. The van der Waals surface area contributed by atoms with Crippen LogP contribution in [0.4, 0.5) is 11.4 Å². The van der Waals surface area contributed by atoms with Gasteiger partial charge in [0.15, 0.2) is 0 Å². The van der Waals surface area contributed by atoms with E-state index >= 15 is 0 Å². The average molecular weight is 448 g/mol. The number of methoxy groups -OCH3 is 1. The molecule has 1 fully saturated rings. The second-order valence-corrected chi connectivity index (χ2v) is 9.49. The Balaban J connectivity index is 1.72. The summed E-state index contributed by atoms with van der Waals surface area (Å²) >= 11 is 0. The summed E-state index contributed by atoms with van der Waals surface area (Å²) in [6.45, 7) is 6.31. The van der Waals surface area contributed by atoms with Gasteiger partial charge in [-0.05, 0) is 55.9 Å². The molecule has 0 unspecified atom stereocenters. The molecule has 1 heterocycles. The first kappa shape index (κ1) is 23.2. The van der Waals surface area contributed by atoms with Gasteiger partial charge in [-0.2, -0.15) is 0 Å². The standard InChI is InChI=1S/C23H33N3O4S/c1-4-5-6-17-30-20-9-7-19(8-10-20)24-31(27,28)21-11-12-23(29-3)22(18-21)26-15-13-25(2)14-16-26/h7-12,18,24H,4-6,13-17H2,1-3H3. The number of nitrogens with zero attached hydrogens (tertiary/aromatic N) is 2. The van der Waals surface area contributed by atoms with Gasteiger partial charge in [0.05, 0.1) is 24.3 Å². The van der Waals surface area contributed by atoms with Gasteiger partial charge in [-0.3, -0.25) is 4.72 Å². The highest BCUT2D eigenvalue weighted by atomic mass is 32.2. The molecular weight excluding hydrogens is 414 g/mol.